The van der Waals surface area contributed by atoms with Gasteiger partial charge in [0.15, 0.2) is 0 Å². The molecule has 0 spiro atoms. The lowest BCUT2D eigenvalue weighted by Crippen LogP contribution is -2.40. The Balaban J connectivity index is 1.83. The third-order valence-electron chi connectivity index (χ3n) is 5.11. The van der Waals surface area contributed by atoms with Gasteiger partial charge in [-0.2, -0.15) is 17.0 Å². The van der Waals surface area contributed by atoms with E-state index in [-0.39, 0.29) is 6.04 Å². The third kappa shape index (κ3) is 2.87. The molecule has 0 radical (unpaired) electrons. The van der Waals surface area contributed by atoms with Crippen molar-refractivity contribution in [1.29, 1.82) is 0 Å². The van der Waals surface area contributed by atoms with E-state index in [2.05, 4.69) is 24.1 Å². The molecule has 3 rings (SSSR count). The molecular formula is C16H25N3O3S. The molecule has 2 fully saturated rings. The van der Waals surface area contributed by atoms with Gasteiger partial charge in [0.1, 0.15) is 5.75 Å². The normalized spacial score (nSPS) is 29.2. The van der Waals surface area contributed by atoms with Crippen molar-refractivity contribution >= 4 is 10.2 Å². The van der Waals surface area contributed by atoms with Crippen LogP contribution < -0.4 is 4.74 Å². The maximum absolute atomic E-state index is 12.4. The van der Waals surface area contributed by atoms with E-state index in [1.807, 2.05) is 12.1 Å². The van der Waals surface area contributed by atoms with Gasteiger partial charge in [-0.25, -0.2) is 0 Å². The zero-order valence-electron chi connectivity index (χ0n) is 14.1. The SMILES string of the molecule is COc1ccc([C@@H]2[C@@H]3CN(S(=O)(=O)N(C)C)C[C@@H]3CN2C)cc1. The van der Waals surface area contributed by atoms with Crippen LogP contribution in [0, 0.1) is 11.8 Å². The molecule has 7 heteroatoms. The summed E-state index contributed by atoms with van der Waals surface area (Å²) < 4.78 is 33.0. The number of benzene rings is 1. The van der Waals surface area contributed by atoms with Gasteiger partial charge in [0.2, 0.25) is 0 Å². The van der Waals surface area contributed by atoms with E-state index < -0.39 is 10.2 Å². The zero-order chi connectivity index (χ0) is 16.8. The second-order valence-corrected chi connectivity index (χ2v) is 8.83. The number of methoxy groups -OCH3 is 1. The first-order valence-electron chi connectivity index (χ1n) is 7.86. The Hall–Kier alpha value is -1.15. The quantitative estimate of drug-likeness (QED) is 0.822. The van der Waals surface area contributed by atoms with E-state index in [1.54, 1.807) is 25.5 Å². The molecule has 3 atom stereocenters. The van der Waals surface area contributed by atoms with Crippen molar-refractivity contribution in [3.05, 3.63) is 29.8 Å². The molecule has 2 aliphatic rings. The molecule has 128 valence electrons. The molecule has 6 nitrogen and oxygen atoms in total. The summed E-state index contributed by atoms with van der Waals surface area (Å²) in [5.74, 6) is 1.57. The van der Waals surface area contributed by atoms with Crippen LogP contribution in [0.1, 0.15) is 11.6 Å². The van der Waals surface area contributed by atoms with Gasteiger partial charge < -0.3 is 4.74 Å². The number of likely N-dealkylation sites (tertiary alicyclic amines) is 1. The molecule has 0 N–H and O–H groups in total. The van der Waals surface area contributed by atoms with Crippen LogP contribution in [-0.2, 0) is 10.2 Å². The minimum absolute atomic E-state index is 0.258. The average Bonchev–Trinajstić information content (AvgIpc) is 3.04. The van der Waals surface area contributed by atoms with Crippen LogP contribution in [0.2, 0.25) is 0 Å². The molecule has 0 unspecified atom stereocenters. The van der Waals surface area contributed by atoms with E-state index >= 15 is 0 Å². The molecular weight excluding hydrogens is 314 g/mol. The van der Waals surface area contributed by atoms with Gasteiger partial charge in [0.05, 0.1) is 7.11 Å². The number of ether oxygens (including phenoxy) is 1. The van der Waals surface area contributed by atoms with Gasteiger partial charge in [-0.05, 0) is 36.6 Å². The smallest absolute Gasteiger partial charge is 0.281 e. The molecule has 0 aliphatic carbocycles. The highest BCUT2D eigenvalue weighted by Crippen LogP contribution is 2.45. The number of hydrogen-bond acceptors (Lipinski definition) is 4. The molecule has 1 aromatic rings. The van der Waals surface area contributed by atoms with Crippen molar-refractivity contribution in [3.8, 4) is 5.75 Å². The Morgan fingerprint density at radius 2 is 1.78 bits per heavy atom. The predicted molar refractivity (Wildman–Crippen MR) is 89.5 cm³/mol. The highest BCUT2D eigenvalue weighted by Gasteiger charge is 2.49. The van der Waals surface area contributed by atoms with Crippen molar-refractivity contribution in [1.82, 2.24) is 13.5 Å². The first-order chi connectivity index (χ1) is 10.8. The van der Waals surface area contributed by atoms with Gasteiger partial charge in [-0.3, -0.25) is 4.90 Å². The van der Waals surface area contributed by atoms with Crippen molar-refractivity contribution in [2.24, 2.45) is 11.8 Å². The first kappa shape index (κ1) is 16.7. The van der Waals surface area contributed by atoms with Gasteiger partial charge in [0, 0.05) is 39.8 Å². The van der Waals surface area contributed by atoms with E-state index in [0.29, 0.717) is 24.9 Å². The summed E-state index contributed by atoms with van der Waals surface area (Å²) in [5.41, 5.74) is 1.23. The fourth-order valence-corrected chi connectivity index (χ4v) is 5.14. The minimum atomic E-state index is -3.32. The maximum atomic E-state index is 12.4. The Bertz CT molecular complexity index is 660. The van der Waals surface area contributed by atoms with Crippen LogP contribution in [0.5, 0.6) is 5.75 Å². The molecule has 0 aromatic heterocycles. The highest BCUT2D eigenvalue weighted by atomic mass is 32.2. The number of nitrogens with zero attached hydrogens (tertiary/aromatic N) is 3. The highest BCUT2D eigenvalue weighted by molar-refractivity contribution is 7.86. The second-order valence-electron chi connectivity index (χ2n) is 6.69. The van der Waals surface area contributed by atoms with Crippen molar-refractivity contribution in [3.63, 3.8) is 0 Å². The fraction of sp³-hybridized carbons (Fsp3) is 0.625. The number of rotatable bonds is 4. The monoisotopic (exact) mass is 339 g/mol. The van der Waals surface area contributed by atoms with Gasteiger partial charge >= 0.3 is 0 Å². The van der Waals surface area contributed by atoms with Gasteiger partial charge in [0.25, 0.3) is 10.2 Å². The van der Waals surface area contributed by atoms with Crippen LogP contribution in [0.4, 0.5) is 0 Å². The predicted octanol–water partition coefficient (Wildman–Crippen LogP) is 1.04. The maximum Gasteiger partial charge on any atom is 0.281 e. The first-order valence-corrected chi connectivity index (χ1v) is 9.26. The van der Waals surface area contributed by atoms with E-state index in [9.17, 15) is 8.42 Å². The fourth-order valence-electron chi connectivity index (χ4n) is 3.94. The largest absolute Gasteiger partial charge is 0.497 e. The lowest BCUT2D eigenvalue weighted by Gasteiger charge is -2.27. The minimum Gasteiger partial charge on any atom is -0.497 e. The number of hydrogen-bond donors (Lipinski definition) is 0. The van der Waals surface area contributed by atoms with Gasteiger partial charge in [-0.1, -0.05) is 12.1 Å². The summed E-state index contributed by atoms with van der Waals surface area (Å²) >= 11 is 0. The van der Waals surface area contributed by atoms with Crippen molar-refractivity contribution < 1.29 is 13.2 Å². The van der Waals surface area contributed by atoms with Gasteiger partial charge in [-0.15, -0.1) is 0 Å². The van der Waals surface area contributed by atoms with Crippen LogP contribution in [0.3, 0.4) is 0 Å². The second kappa shape index (κ2) is 6.05. The summed E-state index contributed by atoms with van der Waals surface area (Å²) in [6.07, 6.45) is 0. The van der Waals surface area contributed by atoms with Crippen molar-refractivity contribution in [2.75, 3.05) is 47.9 Å². The molecule has 2 saturated heterocycles. The van der Waals surface area contributed by atoms with Crippen molar-refractivity contribution in [2.45, 2.75) is 6.04 Å². The molecule has 2 heterocycles. The Morgan fingerprint density at radius 3 is 2.35 bits per heavy atom. The molecule has 1 aromatic carbocycles. The lowest BCUT2D eigenvalue weighted by atomic mass is 9.89. The Kier molecular flexibility index (Phi) is 4.39. The zero-order valence-corrected chi connectivity index (χ0v) is 15.0. The molecule has 23 heavy (non-hydrogen) atoms. The van der Waals surface area contributed by atoms with E-state index in [1.165, 1.54) is 9.87 Å². The van der Waals surface area contributed by atoms with Crippen LogP contribution in [0.15, 0.2) is 24.3 Å². The number of fused-ring (bicyclic) bond motifs is 1. The van der Waals surface area contributed by atoms with Crippen LogP contribution in [0.25, 0.3) is 0 Å². The summed E-state index contributed by atoms with van der Waals surface area (Å²) in [6.45, 7) is 2.13. The standard InChI is InChI=1S/C16H25N3O3S/c1-17(2)23(20,21)19-10-13-9-18(3)16(15(13)11-19)12-5-7-14(22-4)8-6-12/h5-8,13,15-16H,9-11H2,1-4H3/t13-,15+,16+/m0/s1. The average molecular weight is 339 g/mol. The molecule has 0 bridgehead atoms. The lowest BCUT2D eigenvalue weighted by molar-refractivity contribution is 0.258. The Morgan fingerprint density at radius 1 is 1.13 bits per heavy atom. The van der Waals surface area contributed by atoms with Crippen LogP contribution in [-0.4, -0.2) is 69.8 Å². The third-order valence-corrected chi connectivity index (χ3v) is 6.98. The Labute approximate surface area is 138 Å². The van der Waals surface area contributed by atoms with E-state index in [0.717, 1.165) is 12.3 Å². The summed E-state index contributed by atoms with van der Waals surface area (Å²) in [5, 5.41) is 0. The van der Waals surface area contributed by atoms with E-state index in [4.69, 9.17) is 4.74 Å². The summed E-state index contributed by atoms with van der Waals surface area (Å²) in [7, 11) is 3.65. The summed E-state index contributed by atoms with van der Waals surface area (Å²) in [4.78, 5) is 2.34. The molecule has 0 saturated carbocycles. The van der Waals surface area contributed by atoms with Crippen LogP contribution >= 0.6 is 0 Å². The topological polar surface area (TPSA) is 53.1 Å². The molecule has 0 amide bonds. The molecule has 2 aliphatic heterocycles. The summed E-state index contributed by atoms with van der Waals surface area (Å²) in [6, 6.07) is 8.38.